The van der Waals surface area contributed by atoms with Crippen LogP contribution in [0.4, 0.5) is 0 Å². The number of hydrogen-bond acceptors (Lipinski definition) is 5. The lowest BCUT2D eigenvalue weighted by atomic mass is 10.2. The van der Waals surface area contributed by atoms with E-state index < -0.39 is 12.0 Å². The molecule has 1 heterocycles. The fraction of sp³-hybridized carbons (Fsp3) is 0.190. The molecule has 0 bridgehead atoms. The van der Waals surface area contributed by atoms with Gasteiger partial charge in [0.05, 0.1) is 6.26 Å². The lowest BCUT2D eigenvalue weighted by Gasteiger charge is -2.13. The van der Waals surface area contributed by atoms with E-state index in [2.05, 4.69) is 5.32 Å². The normalized spacial score (nSPS) is 11.6. The second-order valence-electron chi connectivity index (χ2n) is 5.86. The molecule has 1 amide bonds. The first kappa shape index (κ1) is 18.5. The third kappa shape index (κ3) is 5.62. The van der Waals surface area contributed by atoms with Crippen molar-refractivity contribution in [3.63, 3.8) is 0 Å². The molecule has 1 atom stereocenters. The molecule has 0 saturated carbocycles. The lowest BCUT2D eigenvalue weighted by molar-refractivity contribution is 0.0819. The van der Waals surface area contributed by atoms with Gasteiger partial charge in [-0.25, -0.2) is 0 Å². The van der Waals surface area contributed by atoms with Gasteiger partial charge in [-0.2, -0.15) is 0 Å². The molecule has 140 valence electrons. The van der Waals surface area contributed by atoms with Crippen LogP contribution in [0.15, 0.2) is 77.4 Å². The molecule has 0 aliphatic carbocycles. The number of rotatable bonds is 9. The van der Waals surface area contributed by atoms with Crippen LogP contribution in [0.25, 0.3) is 0 Å². The number of carbonyl (C=O) groups is 1. The van der Waals surface area contributed by atoms with Gasteiger partial charge >= 0.3 is 0 Å². The fourth-order valence-corrected chi connectivity index (χ4v) is 2.39. The summed E-state index contributed by atoms with van der Waals surface area (Å²) in [5.74, 6) is 1.13. The highest BCUT2D eigenvalue weighted by atomic mass is 16.5. The number of hydrogen-bond donors (Lipinski definition) is 2. The van der Waals surface area contributed by atoms with E-state index in [1.807, 2.05) is 48.5 Å². The molecule has 0 saturated heterocycles. The molecular weight excluding hydrogens is 346 g/mol. The number of furan rings is 1. The number of nitrogens with one attached hydrogen (secondary N) is 1. The van der Waals surface area contributed by atoms with Crippen molar-refractivity contribution in [3.05, 3.63) is 84.3 Å². The highest BCUT2D eigenvalue weighted by Crippen LogP contribution is 2.16. The highest BCUT2D eigenvalue weighted by molar-refractivity contribution is 5.92. The Labute approximate surface area is 157 Å². The van der Waals surface area contributed by atoms with Crippen LogP contribution in [-0.4, -0.2) is 30.3 Å². The Hall–Kier alpha value is -3.25. The molecule has 6 nitrogen and oxygen atoms in total. The average Bonchev–Trinajstić information content (AvgIpc) is 3.19. The second kappa shape index (κ2) is 9.45. The predicted molar refractivity (Wildman–Crippen MR) is 99.8 cm³/mol. The number of benzene rings is 2. The fourth-order valence-electron chi connectivity index (χ4n) is 2.39. The van der Waals surface area contributed by atoms with Gasteiger partial charge in [0, 0.05) is 12.1 Å². The Balaban J connectivity index is 1.46. The number of aliphatic hydroxyl groups excluding tert-OH is 1. The van der Waals surface area contributed by atoms with Gasteiger partial charge in [0.15, 0.2) is 5.76 Å². The van der Waals surface area contributed by atoms with Crippen LogP contribution < -0.4 is 14.8 Å². The summed E-state index contributed by atoms with van der Waals surface area (Å²) in [5.41, 5.74) is 0.631. The third-order valence-electron chi connectivity index (χ3n) is 3.77. The van der Waals surface area contributed by atoms with Crippen LogP contribution in [-0.2, 0) is 6.61 Å². The first-order valence-electron chi connectivity index (χ1n) is 8.60. The molecule has 0 unspecified atom stereocenters. The molecular formula is C21H21NO5. The van der Waals surface area contributed by atoms with E-state index in [0.29, 0.717) is 17.1 Å². The molecule has 3 aromatic rings. The maximum Gasteiger partial charge on any atom is 0.287 e. The molecule has 0 fully saturated rings. The van der Waals surface area contributed by atoms with Crippen molar-refractivity contribution in [1.82, 2.24) is 5.32 Å². The van der Waals surface area contributed by atoms with Gasteiger partial charge < -0.3 is 24.3 Å². The predicted octanol–water partition coefficient (Wildman–Crippen LogP) is 3.03. The summed E-state index contributed by atoms with van der Waals surface area (Å²) in [6.07, 6.45) is 0.598. The van der Waals surface area contributed by atoms with Crippen LogP contribution in [0.3, 0.4) is 0 Å². The minimum atomic E-state index is -0.840. The van der Waals surface area contributed by atoms with Gasteiger partial charge in [-0.15, -0.1) is 0 Å². The van der Waals surface area contributed by atoms with Crippen molar-refractivity contribution < 1.29 is 23.8 Å². The van der Waals surface area contributed by atoms with Crippen LogP contribution in [0.1, 0.15) is 16.1 Å². The zero-order valence-corrected chi connectivity index (χ0v) is 14.7. The molecule has 0 aliphatic rings. The van der Waals surface area contributed by atoms with E-state index in [1.165, 1.54) is 6.26 Å². The van der Waals surface area contributed by atoms with Crippen molar-refractivity contribution in [2.24, 2.45) is 0 Å². The Kier molecular flexibility index (Phi) is 6.49. The van der Waals surface area contributed by atoms with Gasteiger partial charge in [0.2, 0.25) is 0 Å². The topological polar surface area (TPSA) is 80.9 Å². The van der Waals surface area contributed by atoms with E-state index >= 15 is 0 Å². The minimum Gasteiger partial charge on any atom is -0.491 e. The maximum atomic E-state index is 12.3. The number of aliphatic hydroxyl groups is 1. The molecule has 0 spiro atoms. The molecule has 1 aromatic heterocycles. The smallest absolute Gasteiger partial charge is 0.287 e. The molecule has 27 heavy (non-hydrogen) atoms. The Morgan fingerprint density at radius 2 is 1.59 bits per heavy atom. The summed E-state index contributed by atoms with van der Waals surface area (Å²) in [4.78, 5) is 12.3. The van der Waals surface area contributed by atoms with Crippen LogP contribution in [0, 0.1) is 0 Å². The maximum absolute atomic E-state index is 12.3. The molecule has 0 radical (unpaired) electrons. The number of carbonyl (C=O) groups excluding carboxylic acids is 1. The van der Waals surface area contributed by atoms with E-state index in [-0.39, 0.29) is 25.5 Å². The first-order chi connectivity index (χ1) is 13.2. The molecule has 2 aromatic carbocycles. The van der Waals surface area contributed by atoms with Gasteiger partial charge in [0.25, 0.3) is 5.91 Å². The zero-order chi connectivity index (χ0) is 18.9. The molecule has 2 N–H and O–H groups in total. The number of para-hydroxylation sites is 2. The standard InChI is InChI=1S/C21H21NO5/c23-17(15-27-19-9-5-2-6-10-19)13-22-21(24)20-16(11-12-25-20)14-26-18-7-3-1-4-8-18/h1-12,17,23H,13-15H2,(H,22,24)/t17-/m0/s1. The molecule has 3 rings (SSSR count). The second-order valence-corrected chi connectivity index (χ2v) is 5.86. The minimum absolute atomic E-state index is 0.0470. The average molecular weight is 367 g/mol. The summed E-state index contributed by atoms with van der Waals surface area (Å²) in [6, 6.07) is 20.2. The summed E-state index contributed by atoms with van der Waals surface area (Å²) >= 11 is 0. The van der Waals surface area contributed by atoms with Gasteiger partial charge in [-0.1, -0.05) is 36.4 Å². The van der Waals surface area contributed by atoms with E-state index in [0.717, 1.165) is 0 Å². The van der Waals surface area contributed by atoms with E-state index in [4.69, 9.17) is 13.9 Å². The number of amides is 1. The van der Waals surface area contributed by atoms with Crippen LogP contribution in [0.5, 0.6) is 11.5 Å². The summed E-state index contributed by atoms with van der Waals surface area (Å²) in [7, 11) is 0. The summed E-state index contributed by atoms with van der Waals surface area (Å²) in [6.45, 7) is 0.334. The highest BCUT2D eigenvalue weighted by Gasteiger charge is 2.17. The van der Waals surface area contributed by atoms with Gasteiger partial charge in [-0.05, 0) is 30.3 Å². The Bertz CT molecular complexity index is 832. The van der Waals surface area contributed by atoms with Crippen LogP contribution in [0.2, 0.25) is 0 Å². The lowest BCUT2D eigenvalue weighted by Crippen LogP contribution is -2.35. The van der Waals surface area contributed by atoms with Gasteiger partial charge in [-0.3, -0.25) is 4.79 Å². The van der Waals surface area contributed by atoms with E-state index in [1.54, 1.807) is 18.2 Å². The monoisotopic (exact) mass is 367 g/mol. The number of ether oxygens (including phenoxy) is 2. The SMILES string of the molecule is O=C(NC[C@H](O)COc1ccccc1)c1occc1COc1ccccc1. The summed E-state index contributed by atoms with van der Waals surface area (Å²) in [5, 5.41) is 12.6. The third-order valence-corrected chi connectivity index (χ3v) is 3.77. The van der Waals surface area contributed by atoms with Crippen molar-refractivity contribution in [2.45, 2.75) is 12.7 Å². The van der Waals surface area contributed by atoms with Crippen LogP contribution >= 0.6 is 0 Å². The Morgan fingerprint density at radius 1 is 0.963 bits per heavy atom. The van der Waals surface area contributed by atoms with Crippen molar-refractivity contribution in [2.75, 3.05) is 13.2 Å². The molecule has 6 heteroatoms. The first-order valence-corrected chi connectivity index (χ1v) is 8.60. The molecule has 0 aliphatic heterocycles. The Morgan fingerprint density at radius 3 is 2.26 bits per heavy atom. The quantitative estimate of drug-likeness (QED) is 0.608. The zero-order valence-electron chi connectivity index (χ0n) is 14.7. The largest absolute Gasteiger partial charge is 0.491 e. The summed E-state index contributed by atoms with van der Waals surface area (Å²) < 4.78 is 16.4. The van der Waals surface area contributed by atoms with Gasteiger partial charge in [0.1, 0.15) is 30.8 Å². The van der Waals surface area contributed by atoms with E-state index in [9.17, 15) is 9.90 Å². The van der Waals surface area contributed by atoms with Crippen molar-refractivity contribution >= 4 is 5.91 Å². The van der Waals surface area contributed by atoms with Crippen molar-refractivity contribution in [1.29, 1.82) is 0 Å². The van der Waals surface area contributed by atoms with Crippen molar-refractivity contribution in [3.8, 4) is 11.5 Å².